The lowest BCUT2D eigenvalue weighted by atomic mass is 10.2. The maximum atomic E-state index is 12.4. The number of halogens is 3. The van der Waals surface area contributed by atoms with Crippen molar-refractivity contribution in [2.24, 2.45) is 0 Å². The van der Waals surface area contributed by atoms with Gasteiger partial charge in [-0.25, -0.2) is 0 Å². The van der Waals surface area contributed by atoms with E-state index in [2.05, 4.69) is 5.32 Å². The Balaban J connectivity index is 2.19. The van der Waals surface area contributed by atoms with Crippen molar-refractivity contribution in [2.45, 2.75) is 19.1 Å². The average Bonchev–Trinajstić information content (AvgIpc) is 2.91. The third-order valence-corrected chi connectivity index (χ3v) is 3.83. The number of carbonyl (C=O) groups is 1. The van der Waals surface area contributed by atoms with Crippen molar-refractivity contribution in [1.82, 2.24) is 10.3 Å². The maximum Gasteiger partial charge on any atom is 0.431 e. The van der Waals surface area contributed by atoms with E-state index in [0.29, 0.717) is 6.07 Å². The zero-order valence-electron chi connectivity index (χ0n) is 10.8. The molecule has 2 rings (SSSR count). The topological polar surface area (TPSA) is 62.0 Å². The van der Waals surface area contributed by atoms with Crippen LogP contribution in [0, 0.1) is 0 Å². The van der Waals surface area contributed by atoms with Crippen molar-refractivity contribution >= 4 is 17.2 Å². The van der Waals surface area contributed by atoms with Gasteiger partial charge in [-0.05, 0) is 30.5 Å². The molecule has 0 saturated carbocycles. The lowest BCUT2D eigenvalue weighted by Gasteiger charge is -2.12. The number of alkyl halides is 3. The Morgan fingerprint density at radius 2 is 2.05 bits per heavy atom. The molecule has 0 saturated heterocycles. The molecule has 2 aromatic heterocycles. The molecule has 4 nitrogen and oxygen atoms in total. The fourth-order valence-electron chi connectivity index (χ4n) is 1.70. The molecule has 0 aliphatic rings. The number of rotatable bonds is 3. The Kier molecular flexibility index (Phi) is 4.17. The highest BCUT2D eigenvalue weighted by atomic mass is 32.1. The van der Waals surface area contributed by atoms with E-state index in [0.717, 1.165) is 10.9 Å². The Labute approximate surface area is 121 Å². The third kappa shape index (κ3) is 3.52. The van der Waals surface area contributed by atoms with Gasteiger partial charge in [0.2, 0.25) is 0 Å². The Morgan fingerprint density at radius 3 is 2.57 bits per heavy atom. The van der Waals surface area contributed by atoms with Gasteiger partial charge in [0, 0.05) is 4.88 Å². The van der Waals surface area contributed by atoms with Crippen molar-refractivity contribution in [3.05, 3.63) is 56.1 Å². The van der Waals surface area contributed by atoms with Crippen LogP contribution >= 0.6 is 11.3 Å². The fourth-order valence-corrected chi connectivity index (χ4v) is 2.44. The number of hydrogen-bond donors (Lipinski definition) is 2. The number of aromatic nitrogens is 1. The van der Waals surface area contributed by atoms with Crippen LogP contribution in [0.2, 0.25) is 0 Å². The highest BCUT2D eigenvalue weighted by Gasteiger charge is 2.32. The van der Waals surface area contributed by atoms with E-state index in [9.17, 15) is 22.8 Å². The van der Waals surface area contributed by atoms with Gasteiger partial charge in [0.1, 0.15) is 11.3 Å². The first kappa shape index (κ1) is 15.3. The van der Waals surface area contributed by atoms with E-state index in [1.807, 2.05) is 17.5 Å². The molecule has 0 aliphatic heterocycles. The summed E-state index contributed by atoms with van der Waals surface area (Å²) in [5.41, 5.74) is -2.61. The highest BCUT2D eigenvalue weighted by Crippen LogP contribution is 2.26. The summed E-state index contributed by atoms with van der Waals surface area (Å²) in [5.74, 6) is -0.717. The molecule has 21 heavy (non-hydrogen) atoms. The molecule has 1 atom stereocenters. The number of thiophene rings is 1. The molecule has 0 spiro atoms. The second-order valence-corrected chi connectivity index (χ2v) is 5.30. The first-order valence-corrected chi connectivity index (χ1v) is 6.82. The van der Waals surface area contributed by atoms with Crippen molar-refractivity contribution in [1.29, 1.82) is 0 Å². The normalized spacial score (nSPS) is 13.0. The highest BCUT2D eigenvalue weighted by molar-refractivity contribution is 7.10. The summed E-state index contributed by atoms with van der Waals surface area (Å²) in [6.07, 6.45) is -4.65. The number of aromatic amines is 1. The third-order valence-electron chi connectivity index (χ3n) is 2.78. The van der Waals surface area contributed by atoms with Crippen molar-refractivity contribution in [3.8, 4) is 0 Å². The van der Waals surface area contributed by atoms with Crippen LogP contribution in [0.3, 0.4) is 0 Å². The van der Waals surface area contributed by atoms with E-state index < -0.39 is 23.3 Å². The summed E-state index contributed by atoms with van der Waals surface area (Å²) in [6.45, 7) is 1.72. The van der Waals surface area contributed by atoms with E-state index in [1.54, 1.807) is 11.9 Å². The largest absolute Gasteiger partial charge is 0.431 e. The number of H-pyrrole nitrogens is 1. The van der Waals surface area contributed by atoms with Gasteiger partial charge in [-0.3, -0.25) is 9.59 Å². The number of amides is 1. The van der Waals surface area contributed by atoms with Crippen LogP contribution in [0.25, 0.3) is 0 Å². The molecule has 0 aromatic carbocycles. The molecule has 112 valence electrons. The molecular formula is C13H11F3N2O2S. The summed E-state index contributed by atoms with van der Waals surface area (Å²) in [5, 5.41) is 4.40. The van der Waals surface area contributed by atoms with Gasteiger partial charge in [-0.1, -0.05) is 6.07 Å². The maximum absolute atomic E-state index is 12.4. The Bertz CT molecular complexity index is 692. The minimum Gasteiger partial charge on any atom is -0.345 e. The second kappa shape index (κ2) is 5.72. The van der Waals surface area contributed by atoms with Crippen molar-refractivity contribution in [3.63, 3.8) is 0 Å². The van der Waals surface area contributed by atoms with Crippen LogP contribution in [-0.4, -0.2) is 10.9 Å². The lowest BCUT2D eigenvalue weighted by Crippen LogP contribution is -2.32. The second-order valence-electron chi connectivity index (χ2n) is 4.32. The zero-order valence-corrected chi connectivity index (χ0v) is 11.6. The van der Waals surface area contributed by atoms with Gasteiger partial charge in [-0.2, -0.15) is 13.2 Å². The molecule has 0 unspecified atom stereocenters. The van der Waals surface area contributed by atoms with E-state index >= 15 is 0 Å². The average molecular weight is 316 g/mol. The molecule has 0 fully saturated rings. The van der Waals surface area contributed by atoms with Gasteiger partial charge < -0.3 is 10.3 Å². The number of pyridine rings is 1. The van der Waals surface area contributed by atoms with Crippen LogP contribution < -0.4 is 10.9 Å². The number of nitrogens with one attached hydrogen (secondary N) is 2. The van der Waals surface area contributed by atoms with Gasteiger partial charge >= 0.3 is 6.18 Å². The van der Waals surface area contributed by atoms with Gasteiger partial charge in [0.25, 0.3) is 11.5 Å². The Morgan fingerprint density at radius 1 is 1.33 bits per heavy atom. The fraction of sp³-hybridized carbons (Fsp3) is 0.231. The number of hydrogen-bond acceptors (Lipinski definition) is 3. The predicted octanol–water partition coefficient (Wildman–Crippen LogP) is 2.95. The van der Waals surface area contributed by atoms with Gasteiger partial charge in [-0.15, -0.1) is 11.3 Å². The Hall–Kier alpha value is -2.09. The molecule has 1 amide bonds. The standard InChI is InChI=1S/C13H11F3N2O2S/c1-7(9-3-2-6-21-9)17-11(19)8-4-5-10(13(14,15)16)18-12(8)20/h2-7H,1H3,(H,17,19)(H,18,20)/t7-/m1/s1. The molecule has 0 aliphatic carbocycles. The summed E-state index contributed by atoms with van der Waals surface area (Å²) in [4.78, 5) is 26.1. The summed E-state index contributed by atoms with van der Waals surface area (Å²) >= 11 is 1.43. The molecule has 8 heteroatoms. The van der Waals surface area contributed by atoms with Gasteiger partial charge in [0.15, 0.2) is 0 Å². The van der Waals surface area contributed by atoms with Crippen LogP contribution in [0.5, 0.6) is 0 Å². The van der Waals surface area contributed by atoms with E-state index in [1.165, 1.54) is 11.3 Å². The van der Waals surface area contributed by atoms with Crippen LogP contribution in [0.4, 0.5) is 13.2 Å². The van der Waals surface area contributed by atoms with E-state index in [-0.39, 0.29) is 11.6 Å². The quantitative estimate of drug-likeness (QED) is 0.914. The van der Waals surface area contributed by atoms with Crippen LogP contribution in [-0.2, 0) is 6.18 Å². The summed E-state index contributed by atoms with van der Waals surface area (Å²) in [6, 6.07) is 4.84. The van der Waals surface area contributed by atoms with Crippen LogP contribution in [0.1, 0.15) is 33.9 Å². The molecule has 0 radical (unpaired) electrons. The minimum atomic E-state index is -4.65. The van der Waals surface area contributed by atoms with Gasteiger partial charge in [0.05, 0.1) is 6.04 Å². The molecular weight excluding hydrogens is 305 g/mol. The van der Waals surface area contributed by atoms with Crippen molar-refractivity contribution < 1.29 is 18.0 Å². The SMILES string of the molecule is C[C@@H](NC(=O)c1ccc(C(F)(F)F)[nH]c1=O)c1cccs1. The zero-order chi connectivity index (χ0) is 15.6. The summed E-state index contributed by atoms with van der Waals surface area (Å²) < 4.78 is 37.3. The molecule has 0 bridgehead atoms. The smallest absolute Gasteiger partial charge is 0.345 e. The molecule has 2 heterocycles. The molecule has 2 N–H and O–H groups in total. The lowest BCUT2D eigenvalue weighted by molar-refractivity contribution is -0.141. The molecule has 2 aromatic rings. The summed E-state index contributed by atoms with van der Waals surface area (Å²) in [7, 11) is 0. The van der Waals surface area contributed by atoms with Crippen molar-refractivity contribution in [2.75, 3.05) is 0 Å². The monoisotopic (exact) mass is 316 g/mol. The minimum absolute atomic E-state index is 0.334. The van der Waals surface area contributed by atoms with Crippen LogP contribution in [0.15, 0.2) is 34.4 Å². The van der Waals surface area contributed by atoms with E-state index in [4.69, 9.17) is 0 Å². The predicted molar refractivity (Wildman–Crippen MR) is 72.3 cm³/mol. The first-order chi connectivity index (χ1) is 9.79. The number of carbonyl (C=O) groups excluding carboxylic acids is 1. The first-order valence-electron chi connectivity index (χ1n) is 5.94.